The molecule has 0 fully saturated rings. The molecule has 2 rings (SSSR count). The molecule has 1 amide bonds. The molecule has 5 heteroatoms. The van der Waals surface area contributed by atoms with Crippen LogP contribution in [0.4, 0.5) is 5.13 Å². The van der Waals surface area contributed by atoms with Crippen LogP contribution in [0.2, 0.25) is 0 Å². The zero-order valence-electron chi connectivity index (χ0n) is 10.4. The summed E-state index contributed by atoms with van der Waals surface area (Å²) in [5.41, 5.74) is 2.09. The van der Waals surface area contributed by atoms with Gasteiger partial charge in [0.1, 0.15) is 0 Å². The van der Waals surface area contributed by atoms with Gasteiger partial charge in [-0.25, -0.2) is 4.98 Å². The molecule has 0 aromatic carbocycles. The highest BCUT2D eigenvalue weighted by Gasteiger charge is 2.07. The number of rotatable bonds is 4. The number of nitrogens with one attached hydrogen (secondary N) is 1. The number of pyridine rings is 1. The topological polar surface area (TPSA) is 54.9 Å². The molecule has 0 aliphatic rings. The number of aromatic nitrogens is 2. The lowest BCUT2D eigenvalue weighted by atomic mass is 10.1. The fourth-order valence-corrected chi connectivity index (χ4v) is 2.35. The third-order valence-electron chi connectivity index (χ3n) is 2.66. The molecule has 0 bridgehead atoms. The van der Waals surface area contributed by atoms with Crippen LogP contribution in [0.1, 0.15) is 22.6 Å². The van der Waals surface area contributed by atoms with Crippen molar-refractivity contribution in [2.24, 2.45) is 0 Å². The van der Waals surface area contributed by atoms with Crippen LogP contribution in [-0.2, 0) is 11.2 Å². The molecule has 0 aliphatic heterocycles. The Bertz CT molecular complexity index is 517. The van der Waals surface area contributed by atoms with Crippen LogP contribution in [0.5, 0.6) is 0 Å². The number of hydrogen-bond acceptors (Lipinski definition) is 4. The quantitative estimate of drug-likeness (QED) is 0.920. The molecule has 0 radical (unpaired) electrons. The van der Waals surface area contributed by atoms with Crippen molar-refractivity contribution in [3.05, 3.63) is 40.7 Å². The number of amides is 1. The molecule has 94 valence electrons. The van der Waals surface area contributed by atoms with Crippen LogP contribution in [0.25, 0.3) is 0 Å². The maximum Gasteiger partial charge on any atom is 0.226 e. The minimum Gasteiger partial charge on any atom is -0.302 e. The van der Waals surface area contributed by atoms with Crippen molar-refractivity contribution in [2.75, 3.05) is 5.32 Å². The lowest BCUT2D eigenvalue weighted by Gasteiger charge is -2.01. The van der Waals surface area contributed by atoms with E-state index in [2.05, 4.69) is 15.3 Å². The van der Waals surface area contributed by atoms with Crippen molar-refractivity contribution in [3.63, 3.8) is 0 Å². The minimum absolute atomic E-state index is 0.000521. The molecular formula is C13H15N3OS. The van der Waals surface area contributed by atoms with E-state index in [1.807, 2.05) is 26.0 Å². The summed E-state index contributed by atoms with van der Waals surface area (Å²) >= 11 is 1.51. The fourth-order valence-electron chi connectivity index (χ4n) is 1.52. The highest BCUT2D eigenvalue weighted by molar-refractivity contribution is 7.15. The van der Waals surface area contributed by atoms with E-state index in [1.165, 1.54) is 11.3 Å². The van der Waals surface area contributed by atoms with Gasteiger partial charge in [-0.3, -0.25) is 9.78 Å². The third-order valence-corrected chi connectivity index (χ3v) is 3.65. The van der Waals surface area contributed by atoms with Crippen LogP contribution in [0.3, 0.4) is 0 Å². The van der Waals surface area contributed by atoms with Crippen LogP contribution in [0.15, 0.2) is 24.5 Å². The van der Waals surface area contributed by atoms with Gasteiger partial charge in [0, 0.05) is 23.7 Å². The van der Waals surface area contributed by atoms with Gasteiger partial charge in [0.2, 0.25) is 5.91 Å². The average Bonchev–Trinajstić information content (AvgIpc) is 2.67. The molecule has 0 aliphatic carbocycles. The average molecular weight is 261 g/mol. The van der Waals surface area contributed by atoms with Gasteiger partial charge in [-0.1, -0.05) is 0 Å². The molecule has 2 aromatic heterocycles. The first kappa shape index (κ1) is 12.7. The third kappa shape index (κ3) is 3.37. The Kier molecular flexibility index (Phi) is 4.04. The number of carbonyl (C=O) groups excluding carboxylic acids is 1. The van der Waals surface area contributed by atoms with Gasteiger partial charge in [-0.15, -0.1) is 11.3 Å². The van der Waals surface area contributed by atoms with E-state index in [0.717, 1.165) is 22.6 Å². The Hall–Kier alpha value is -1.75. The monoisotopic (exact) mass is 261 g/mol. The van der Waals surface area contributed by atoms with Gasteiger partial charge in [0.05, 0.1) is 5.69 Å². The number of carbonyl (C=O) groups is 1. The first-order valence-electron chi connectivity index (χ1n) is 5.78. The van der Waals surface area contributed by atoms with E-state index in [9.17, 15) is 4.79 Å². The van der Waals surface area contributed by atoms with Gasteiger partial charge in [-0.05, 0) is 38.0 Å². The largest absolute Gasteiger partial charge is 0.302 e. The van der Waals surface area contributed by atoms with Crippen LogP contribution < -0.4 is 5.32 Å². The second kappa shape index (κ2) is 5.73. The summed E-state index contributed by atoms with van der Waals surface area (Å²) in [5, 5.41) is 3.51. The van der Waals surface area contributed by atoms with Crippen LogP contribution in [0, 0.1) is 13.8 Å². The summed E-state index contributed by atoms with van der Waals surface area (Å²) in [7, 11) is 0. The second-order valence-corrected chi connectivity index (χ2v) is 5.27. The van der Waals surface area contributed by atoms with Gasteiger partial charge in [-0.2, -0.15) is 0 Å². The van der Waals surface area contributed by atoms with Crippen molar-refractivity contribution < 1.29 is 4.79 Å². The number of nitrogens with zero attached hydrogens (tertiary/aromatic N) is 2. The first-order valence-corrected chi connectivity index (χ1v) is 6.59. The van der Waals surface area contributed by atoms with E-state index in [0.29, 0.717) is 11.6 Å². The molecular weight excluding hydrogens is 246 g/mol. The van der Waals surface area contributed by atoms with Gasteiger partial charge < -0.3 is 5.32 Å². The first-order chi connectivity index (χ1) is 8.65. The second-order valence-electron chi connectivity index (χ2n) is 4.06. The smallest absolute Gasteiger partial charge is 0.226 e. The van der Waals surface area contributed by atoms with Crippen molar-refractivity contribution in [2.45, 2.75) is 26.7 Å². The van der Waals surface area contributed by atoms with E-state index < -0.39 is 0 Å². The van der Waals surface area contributed by atoms with Crippen molar-refractivity contribution >= 4 is 22.4 Å². The summed E-state index contributed by atoms with van der Waals surface area (Å²) in [6.45, 7) is 3.94. The Balaban J connectivity index is 1.86. The summed E-state index contributed by atoms with van der Waals surface area (Å²) in [4.78, 5) is 21.1. The molecule has 2 heterocycles. The highest BCUT2D eigenvalue weighted by Crippen LogP contribution is 2.21. The minimum atomic E-state index is 0.000521. The van der Waals surface area contributed by atoms with Gasteiger partial charge in [0.25, 0.3) is 0 Å². The van der Waals surface area contributed by atoms with E-state index in [-0.39, 0.29) is 5.91 Å². The Morgan fingerprint density at radius 3 is 2.67 bits per heavy atom. The molecule has 4 nitrogen and oxygen atoms in total. The van der Waals surface area contributed by atoms with Gasteiger partial charge >= 0.3 is 0 Å². The summed E-state index contributed by atoms with van der Waals surface area (Å²) in [5.74, 6) is 0.000521. The van der Waals surface area contributed by atoms with Crippen LogP contribution >= 0.6 is 11.3 Å². The number of hydrogen-bond donors (Lipinski definition) is 1. The van der Waals surface area contributed by atoms with Crippen molar-refractivity contribution in [1.29, 1.82) is 0 Å². The maximum absolute atomic E-state index is 11.7. The van der Waals surface area contributed by atoms with Crippen LogP contribution in [-0.4, -0.2) is 15.9 Å². The molecule has 18 heavy (non-hydrogen) atoms. The normalized spacial score (nSPS) is 10.3. The Morgan fingerprint density at radius 1 is 1.33 bits per heavy atom. The zero-order chi connectivity index (χ0) is 13.0. The number of thiazole rings is 1. The molecule has 0 unspecified atom stereocenters. The maximum atomic E-state index is 11.7. The predicted octanol–water partition coefficient (Wildman–Crippen LogP) is 2.73. The Morgan fingerprint density at radius 2 is 2.06 bits per heavy atom. The summed E-state index contributed by atoms with van der Waals surface area (Å²) < 4.78 is 0. The lowest BCUT2D eigenvalue weighted by Crippen LogP contribution is -2.12. The Labute approximate surface area is 110 Å². The van der Waals surface area contributed by atoms with E-state index in [4.69, 9.17) is 0 Å². The molecule has 1 N–H and O–H groups in total. The van der Waals surface area contributed by atoms with E-state index in [1.54, 1.807) is 12.4 Å². The number of anilines is 1. The lowest BCUT2D eigenvalue weighted by molar-refractivity contribution is -0.116. The van der Waals surface area contributed by atoms with Crippen molar-refractivity contribution in [1.82, 2.24) is 9.97 Å². The van der Waals surface area contributed by atoms with E-state index >= 15 is 0 Å². The predicted molar refractivity (Wildman–Crippen MR) is 72.8 cm³/mol. The standard InChI is InChI=1S/C13H15N3OS/c1-9-10(2)18-13(15-9)16-12(17)4-3-11-5-7-14-8-6-11/h5-8H,3-4H2,1-2H3,(H,15,16,17). The molecule has 0 saturated heterocycles. The van der Waals surface area contributed by atoms with Crippen molar-refractivity contribution in [3.8, 4) is 0 Å². The molecule has 0 saturated carbocycles. The zero-order valence-corrected chi connectivity index (χ0v) is 11.3. The SMILES string of the molecule is Cc1nc(NC(=O)CCc2ccncc2)sc1C. The van der Waals surface area contributed by atoms with Gasteiger partial charge in [0.15, 0.2) is 5.13 Å². The number of aryl methyl sites for hydroxylation is 3. The molecule has 2 aromatic rings. The molecule has 0 atom stereocenters. The molecule has 0 spiro atoms. The fraction of sp³-hybridized carbons (Fsp3) is 0.308. The summed E-state index contributed by atoms with van der Waals surface area (Å²) in [6.07, 6.45) is 4.65. The summed E-state index contributed by atoms with van der Waals surface area (Å²) in [6, 6.07) is 3.84. The highest BCUT2D eigenvalue weighted by atomic mass is 32.1.